The molecule has 6 nitrogen and oxygen atoms in total. The number of hydrogen-bond donors (Lipinski definition) is 1. The molecule has 0 unspecified atom stereocenters. The van der Waals surface area contributed by atoms with E-state index < -0.39 is 10.0 Å². The van der Waals surface area contributed by atoms with Gasteiger partial charge in [0.25, 0.3) is 0 Å². The van der Waals surface area contributed by atoms with E-state index in [1.807, 2.05) is 18.2 Å². The van der Waals surface area contributed by atoms with Crippen molar-refractivity contribution in [1.29, 1.82) is 0 Å². The van der Waals surface area contributed by atoms with Crippen LogP contribution in [0.3, 0.4) is 0 Å². The van der Waals surface area contributed by atoms with E-state index in [1.165, 1.54) is 4.70 Å². The maximum atomic E-state index is 12.7. The molecule has 1 aromatic heterocycles. The highest BCUT2D eigenvalue weighted by molar-refractivity contribution is 7.89. The van der Waals surface area contributed by atoms with E-state index >= 15 is 0 Å². The number of aryl methyl sites for hydroxylation is 1. The van der Waals surface area contributed by atoms with E-state index in [4.69, 9.17) is 9.72 Å². The zero-order chi connectivity index (χ0) is 20.4. The second-order valence-electron chi connectivity index (χ2n) is 7.38. The lowest BCUT2D eigenvalue weighted by atomic mass is 9.97. The molecule has 8 heteroatoms. The van der Waals surface area contributed by atoms with Crippen LogP contribution in [0.25, 0.3) is 10.2 Å². The number of thiazole rings is 1. The van der Waals surface area contributed by atoms with Crippen LogP contribution in [0.5, 0.6) is 5.75 Å². The largest absolute Gasteiger partial charge is 0.497 e. The molecule has 154 valence electrons. The molecule has 0 atom stereocenters. The van der Waals surface area contributed by atoms with Gasteiger partial charge < -0.3 is 9.64 Å². The lowest BCUT2D eigenvalue weighted by Crippen LogP contribution is -2.38. The molecule has 1 fully saturated rings. The van der Waals surface area contributed by atoms with Crippen molar-refractivity contribution in [3.05, 3.63) is 48.0 Å². The summed E-state index contributed by atoms with van der Waals surface area (Å²) in [4.78, 5) is 7.35. The second kappa shape index (κ2) is 8.30. The monoisotopic (exact) mass is 431 g/mol. The fourth-order valence-electron chi connectivity index (χ4n) is 3.68. The Morgan fingerprint density at radius 3 is 2.66 bits per heavy atom. The molecule has 0 spiro atoms. The van der Waals surface area contributed by atoms with Crippen LogP contribution in [-0.4, -0.2) is 40.1 Å². The zero-order valence-corrected chi connectivity index (χ0v) is 18.2. The number of sulfonamides is 1. The first kappa shape index (κ1) is 20.1. The fraction of sp³-hybridized carbons (Fsp3) is 0.381. The number of methoxy groups -OCH3 is 1. The molecule has 2 aromatic carbocycles. The van der Waals surface area contributed by atoms with Crippen LogP contribution in [0.15, 0.2) is 47.4 Å². The number of para-hydroxylation sites is 1. The molecule has 4 rings (SSSR count). The molecule has 1 N–H and O–H groups in total. The highest BCUT2D eigenvalue weighted by atomic mass is 32.2. The van der Waals surface area contributed by atoms with Crippen molar-refractivity contribution in [1.82, 2.24) is 9.71 Å². The molecular formula is C21H25N3O3S2. The van der Waals surface area contributed by atoms with Crippen LogP contribution in [0, 0.1) is 12.8 Å². The first-order valence-electron chi connectivity index (χ1n) is 9.71. The number of piperidine rings is 1. The van der Waals surface area contributed by atoms with Gasteiger partial charge in [-0.05, 0) is 61.6 Å². The van der Waals surface area contributed by atoms with E-state index in [0.717, 1.165) is 36.6 Å². The highest BCUT2D eigenvalue weighted by Gasteiger charge is 2.24. The molecule has 1 saturated heterocycles. The first-order valence-corrected chi connectivity index (χ1v) is 12.0. The molecule has 0 saturated carbocycles. The molecular weight excluding hydrogens is 406 g/mol. The van der Waals surface area contributed by atoms with E-state index in [2.05, 4.69) is 15.7 Å². The summed E-state index contributed by atoms with van der Waals surface area (Å²) in [6.07, 6.45) is 1.89. The average Bonchev–Trinajstić information content (AvgIpc) is 3.16. The Kier molecular flexibility index (Phi) is 5.76. The van der Waals surface area contributed by atoms with Crippen LogP contribution in [0.1, 0.15) is 18.4 Å². The number of hydrogen-bond acceptors (Lipinski definition) is 6. The van der Waals surface area contributed by atoms with Crippen molar-refractivity contribution < 1.29 is 13.2 Å². The number of fused-ring (bicyclic) bond motifs is 1. The molecule has 3 aromatic rings. The standard InChI is InChI=1S/C21H25N3O3S2/c1-15-13-17(27-2)7-8-20(15)29(25,26)22-14-16-9-11-24(12-10-16)21-23-18-5-3-4-6-19(18)28-21/h3-8,13,16,22H,9-12,14H2,1-2H3. The van der Waals surface area contributed by atoms with Crippen LogP contribution in [-0.2, 0) is 10.0 Å². The van der Waals surface area contributed by atoms with Gasteiger partial charge in [-0.15, -0.1) is 0 Å². The van der Waals surface area contributed by atoms with Crippen molar-refractivity contribution in [3.8, 4) is 5.75 Å². The Morgan fingerprint density at radius 1 is 1.21 bits per heavy atom. The number of nitrogens with zero attached hydrogens (tertiary/aromatic N) is 2. The van der Waals surface area contributed by atoms with Gasteiger partial charge in [0, 0.05) is 19.6 Å². The number of aromatic nitrogens is 1. The van der Waals surface area contributed by atoms with Gasteiger partial charge in [-0.25, -0.2) is 18.1 Å². The Morgan fingerprint density at radius 2 is 1.97 bits per heavy atom. The Balaban J connectivity index is 1.35. The molecule has 0 aliphatic carbocycles. The maximum Gasteiger partial charge on any atom is 0.240 e. The minimum Gasteiger partial charge on any atom is -0.497 e. The topological polar surface area (TPSA) is 71.5 Å². The fourth-order valence-corrected chi connectivity index (χ4v) is 6.04. The van der Waals surface area contributed by atoms with Crippen LogP contribution in [0.4, 0.5) is 5.13 Å². The molecule has 0 radical (unpaired) electrons. The lowest BCUT2D eigenvalue weighted by molar-refractivity contribution is 0.401. The summed E-state index contributed by atoms with van der Waals surface area (Å²) in [6, 6.07) is 13.2. The van der Waals surface area contributed by atoms with Gasteiger partial charge >= 0.3 is 0 Å². The summed E-state index contributed by atoms with van der Waals surface area (Å²) in [5.74, 6) is 0.984. The van der Waals surface area contributed by atoms with Crippen molar-refractivity contribution in [2.24, 2.45) is 5.92 Å². The number of ether oxygens (including phenoxy) is 1. The van der Waals surface area contributed by atoms with Gasteiger partial charge in [0.2, 0.25) is 10.0 Å². The Hall–Kier alpha value is -2.16. The summed E-state index contributed by atoms with van der Waals surface area (Å²) >= 11 is 1.72. The van der Waals surface area contributed by atoms with Crippen LogP contribution < -0.4 is 14.4 Å². The quantitative estimate of drug-likeness (QED) is 0.643. The maximum absolute atomic E-state index is 12.7. The third-order valence-electron chi connectivity index (χ3n) is 5.40. The summed E-state index contributed by atoms with van der Waals surface area (Å²) in [5, 5.41) is 1.05. The second-order valence-corrected chi connectivity index (χ2v) is 10.1. The third kappa shape index (κ3) is 4.39. The van der Waals surface area contributed by atoms with Crippen LogP contribution >= 0.6 is 11.3 Å². The Labute approximate surface area is 175 Å². The van der Waals surface area contributed by atoms with Crippen LogP contribution in [0.2, 0.25) is 0 Å². The van der Waals surface area contributed by atoms with Gasteiger partial charge in [0.05, 0.1) is 22.2 Å². The van der Waals surface area contributed by atoms with E-state index in [-0.39, 0.29) is 0 Å². The molecule has 1 aliphatic heterocycles. The molecule has 2 heterocycles. The molecule has 29 heavy (non-hydrogen) atoms. The molecule has 1 aliphatic rings. The summed E-state index contributed by atoms with van der Waals surface area (Å²) < 4.78 is 34.6. The summed E-state index contributed by atoms with van der Waals surface area (Å²) in [6.45, 7) is 4.04. The van der Waals surface area contributed by atoms with Gasteiger partial charge in [-0.2, -0.15) is 0 Å². The van der Waals surface area contributed by atoms with E-state index in [9.17, 15) is 8.42 Å². The predicted octanol–water partition coefficient (Wildman–Crippen LogP) is 3.81. The van der Waals surface area contributed by atoms with Crippen molar-refractivity contribution in [3.63, 3.8) is 0 Å². The summed E-state index contributed by atoms with van der Waals surface area (Å²) in [7, 11) is -1.96. The van der Waals surface area contributed by atoms with Gasteiger partial charge in [0.15, 0.2) is 5.13 Å². The van der Waals surface area contributed by atoms with Crippen molar-refractivity contribution in [2.75, 3.05) is 31.6 Å². The average molecular weight is 432 g/mol. The van der Waals surface area contributed by atoms with Gasteiger partial charge in [0.1, 0.15) is 5.75 Å². The number of nitrogens with one attached hydrogen (secondary N) is 1. The lowest BCUT2D eigenvalue weighted by Gasteiger charge is -2.31. The summed E-state index contributed by atoms with van der Waals surface area (Å²) in [5.41, 5.74) is 1.72. The van der Waals surface area contributed by atoms with Crippen molar-refractivity contribution >= 4 is 36.7 Å². The zero-order valence-electron chi connectivity index (χ0n) is 16.6. The predicted molar refractivity (Wildman–Crippen MR) is 117 cm³/mol. The normalized spacial score (nSPS) is 15.7. The van der Waals surface area contributed by atoms with Gasteiger partial charge in [-0.3, -0.25) is 0 Å². The van der Waals surface area contributed by atoms with E-state index in [0.29, 0.717) is 28.7 Å². The number of anilines is 1. The smallest absolute Gasteiger partial charge is 0.240 e. The Bertz CT molecular complexity index is 1070. The van der Waals surface area contributed by atoms with Gasteiger partial charge in [-0.1, -0.05) is 23.5 Å². The molecule has 0 amide bonds. The molecule has 0 bridgehead atoms. The SMILES string of the molecule is COc1ccc(S(=O)(=O)NCC2CCN(c3nc4ccccc4s3)CC2)c(C)c1. The highest BCUT2D eigenvalue weighted by Crippen LogP contribution is 2.31. The minimum absolute atomic E-state index is 0.310. The van der Waals surface area contributed by atoms with E-state index in [1.54, 1.807) is 43.6 Å². The first-order chi connectivity index (χ1) is 14.0. The number of rotatable bonds is 6. The minimum atomic E-state index is -3.53. The van der Waals surface area contributed by atoms with Crippen molar-refractivity contribution in [2.45, 2.75) is 24.7 Å². The number of benzene rings is 2. The third-order valence-corrected chi connectivity index (χ3v) is 8.08.